The third-order valence-electron chi connectivity index (χ3n) is 4.74. The molecule has 2 N–H and O–H groups in total. The smallest absolute Gasteiger partial charge is 0.213 e. The van der Waals surface area contributed by atoms with E-state index in [2.05, 4.69) is 43.5 Å². The van der Waals surface area contributed by atoms with E-state index < -0.39 is 0 Å². The lowest BCUT2D eigenvalue weighted by Crippen LogP contribution is -2.48. The number of nitrogens with zero attached hydrogens (tertiary/aromatic N) is 4. The van der Waals surface area contributed by atoms with Gasteiger partial charge in [-0.05, 0) is 37.0 Å². The molecule has 1 fully saturated rings. The van der Waals surface area contributed by atoms with Gasteiger partial charge in [0.25, 0.3) is 0 Å². The van der Waals surface area contributed by atoms with Crippen molar-refractivity contribution in [2.24, 2.45) is 4.99 Å². The van der Waals surface area contributed by atoms with Crippen LogP contribution in [0.4, 0.5) is 5.82 Å². The molecule has 0 unspecified atom stereocenters. The molecular formula is C21H30N6O. The molecule has 28 heavy (non-hydrogen) atoms. The second-order valence-corrected chi connectivity index (χ2v) is 6.87. The van der Waals surface area contributed by atoms with Crippen LogP contribution < -0.4 is 20.3 Å². The molecule has 1 saturated heterocycles. The Kier molecular flexibility index (Phi) is 7.46. The summed E-state index contributed by atoms with van der Waals surface area (Å²) in [6.07, 6.45) is 6.79. The topological polar surface area (TPSA) is 74.7 Å². The van der Waals surface area contributed by atoms with Crippen LogP contribution in [0, 0.1) is 0 Å². The summed E-state index contributed by atoms with van der Waals surface area (Å²) in [5.74, 6) is 2.55. The average Bonchev–Trinajstić information content (AvgIpc) is 2.77. The molecule has 0 saturated carbocycles. The maximum Gasteiger partial charge on any atom is 0.213 e. The Bertz CT molecular complexity index is 726. The van der Waals surface area contributed by atoms with Gasteiger partial charge in [-0.3, -0.25) is 4.99 Å². The minimum atomic E-state index is 0.411. The molecule has 2 aromatic heterocycles. The maximum absolute atomic E-state index is 5.52. The monoisotopic (exact) mass is 382 g/mol. The van der Waals surface area contributed by atoms with Crippen molar-refractivity contribution in [3.8, 4) is 5.88 Å². The summed E-state index contributed by atoms with van der Waals surface area (Å²) in [5, 5.41) is 6.90. The van der Waals surface area contributed by atoms with Gasteiger partial charge in [-0.25, -0.2) is 9.97 Å². The number of rotatable bonds is 7. The van der Waals surface area contributed by atoms with Crippen molar-refractivity contribution in [3.63, 3.8) is 0 Å². The van der Waals surface area contributed by atoms with Gasteiger partial charge in [0.2, 0.25) is 5.88 Å². The van der Waals surface area contributed by atoms with E-state index in [0.29, 0.717) is 25.1 Å². The van der Waals surface area contributed by atoms with Crippen molar-refractivity contribution in [1.82, 2.24) is 20.6 Å². The quantitative estimate of drug-likeness (QED) is 0.566. The van der Waals surface area contributed by atoms with E-state index in [1.165, 1.54) is 0 Å². The third-order valence-corrected chi connectivity index (χ3v) is 4.74. The minimum absolute atomic E-state index is 0.411. The van der Waals surface area contributed by atoms with E-state index in [0.717, 1.165) is 49.7 Å². The summed E-state index contributed by atoms with van der Waals surface area (Å²) >= 11 is 0. The number of aromatic nitrogens is 2. The molecule has 2 aromatic rings. The average molecular weight is 383 g/mol. The highest BCUT2D eigenvalue weighted by atomic mass is 16.5. The largest absolute Gasteiger partial charge is 0.478 e. The Morgan fingerprint density at radius 1 is 1.21 bits per heavy atom. The third kappa shape index (κ3) is 5.84. The van der Waals surface area contributed by atoms with Crippen molar-refractivity contribution in [2.45, 2.75) is 38.8 Å². The summed E-state index contributed by atoms with van der Waals surface area (Å²) < 4.78 is 5.52. The number of aliphatic imine (C=N–C) groups is 1. The lowest BCUT2D eigenvalue weighted by atomic mass is 10.1. The zero-order valence-corrected chi connectivity index (χ0v) is 16.8. The number of ether oxygens (including phenoxy) is 1. The molecule has 1 aliphatic heterocycles. The van der Waals surface area contributed by atoms with Crippen LogP contribution in [0.5, 0.6) is 5.88 Å². The Labute approximate surface area is 167 Å². The van der Waals surface area contributed by atoms with Gasteiger partial charge in [-0.15, -0.1) is 0 Å². The standard InChI is InChI=1S/C21H30N6O/c1-3-14-28-20-8-7-17(15-24-20)16-25-21(22-2)26-18-9-12-27(13-10-18)19-6-4-5-11-23-19/h4-8,11,15,18H,3,9-10,12-14,16H2,1-2H3,(H2,22,25,26). The minimum Gasteiger partial charge on any atom is -0.478 e. The molecule has 0 atom stereocenters. The normalized spacial score (nSPS) is 15.4. The summed E-state index contributed by atoms with van der Waals surface area (Å²) in [4.78, 5) is 15.5. The first kappa shape index (κ1) is 19.9. The Hall–Kier alpha value is -2.83. The maximum atomic E-state index is 5.52. The van der Waals surface area contributed by atoms with Crippen molar-refractivity contribution >= 4 is 11.8 Å². The van der Waals surface area contributed by atoms with Crippen LogP contribution in [-0.2, 0) is 6.54 Å². The number of nitrogens with one attached hydrogen (secondary N) is 2. The number of guanidine groups is 1. The molecule has 150 valence electrons. The molecule has 0 aromatic carbocycles. The summed E-state index contributed by atoms with van der Waals surface area (Å²) in [5.41, 5.74) is 1.09. The highest BCUT2D eigenvalue weighted by molar-refractivity contribution is 5.80. The summed E-state index contributed by atoms with van der Waals surface area (Å²) in [6.45, 7) is 5.44. The van der Waals surface area contributed by atoms with E-state index in [1.807, 2.05) is 36.7 Å². The fraction of sp³-hybridized carbons (Fsp3) is 0.476. The van der Waals surface area contributed by atoms with E-state index in [4.69, 9.17) is 4.74 Å². The van der Waals surface area contributed by atoms with E-state index in [-0.39, 0.29) is 0 Å². The fourth-order valence-electron chi connectivity index (χ4n) is 3.18. The van der Waals surface area contributed by atoms with Crippen LogP contribution in [0.3, 0.4) is 0 Å². The number of hydrogen-bond acceptors (Lipinski definition) is 5. The molecule has 3 rings (SSSR count). The molecule has 7 nitrogen and oxygen atoms in total. The van der Waals surface area contributed by atoms with Gasteiger partial charge in [0.1, 0.15) is 5.82 Å². The SMILES string of the molecule is CCCOc1ccc(CNC(=NC)NC2CCN(c3ccccn3)CC2)cn1. The fourth-order valence-corrected chi connectivity index (χ4v) is 3.18. The summed E-state index contributed by atoms with van der Waals surface area (Å²) in [7, 11) is 1.80. The molecule has 3 heterocycles. The second kappa shape index (κ2) is 10.5. The van der Waals surface area contributed by atoms with Crippen LogP contribution in [-0.4, -0.2) is 48.7 Å². The molecule has 0 aliphatic carbocycles. The predicted octanol–water partition coefficient (Wildman–Crippen LogP) is 2.60. The number of piperidine rings is 1. The van der Waals surface area contributed by atoms with Gasteiger partial charge in [0.15, 0.2) is 5.96 Å². The van der Waals surface area contributed by atoms with Crippen molar-refractivity contribution in [2.75, 3.05) is 31.6 Å². The number of anilines is 1. The first-order valence-electron chi connectivity index (χ1n) is 9.99. The first-order valence-corrected chi connectivity index (χ1v) is 9.99. The van der Waals surface area contributed by atoms with Gasteiger partial charge in [-0.1, -0.05) is 19.1 Å². The zero-order chi connectivity index (χ0) is 19.6. The lowest BCUT2D eigenvalue weighted by Gasteiger charge is -2.33. The highest BCUT2D eigenvalue weighted by Gasteiger charge is 2.20. The molecule has 0 bridgehead atoms. The predicted molar refractivity (Wildman–Crippen MR) is 113 cm³/mol. The van der Waals surface area contributed by atoms with Crippen molar-refractivity contribution in [1.29, 1.82) is 0 Å². The van der Waals surface area contributed by atoms with Gasteiger partial charge < -0.3 is 20.3 Å². The Morgan fingerprint density at radius 2 is 2.07 bits per heavy atom. The van der Waals surface area contributed by atoms with Gasteiger partial charge >= 0.3 is 0 Å². The van der Waals surface area contributed by atoms with Crippen LogP contribution in [0.2, 0.25) is 0 Å². The van der Waals surface area contributed by atoms with Crippen molar-refractivity contribution in [3.05, 3.63) is 48.3 Å². The van der Waals surface area contributed by atoms with Crippen molar-refractivity contribution < 1.29 is 4.74 Å². The van der Waals surface area contributed by atoms with Crippen LogP contribution >= 0.6 is 0 Å². The zero-order valence-electron chi connectivity index (χ0n) is 16.8. The van der Waals surface area contributed by atoms with Crippen LogP contribution in [0.25, 0.3) is 0 Å². The summed E-state index contributed by atoms with van der Waals surface area (Å²) in [6, 6.07) is 10.4. The van der Waals surface area contributed by atoms with Crippen LogP contribution in [0.1, 0.15) is 31.7 Å². The van der Waals surface area contributed by atoms with E-state index >= 15 is 0 Å². The molecule has 0 spiro atoms. The number of hydrogen-bond donors (Lipinski definition) is 2. The number of pyridine rings is 2. The second-order valence-electron chi connectivity index (χ2n) is 6.87. The molecular weight excluding hydrogens is 352 g/mol. The molecule has 1 aliphatic rings. The van der Waals surface area contributed by atoms with E-state index in [1.54, 1.807) is 7.05 Å². The molecule has 0 radical (unpaired) electrons. The first-order chi connectivity index (χ1) is 13.8. The highest BCUT2D eigenvalue weighted by Crippen LogP contribution is 2.17. The van der Waals surface area contributed by atoms with Crippen LogP contribution in [0.15, 0.2) is 47.7 Å². The van der Waals surface area contributed by atoms with Gasteiger partial charge in [-0.2, -0.15) is 0 Å². The van der Waals surface area contributed by atoms with Gasteiger partial charge in [0.05, 0.1) is 6.61 Å². The lowest BCUT2D eigenvalue weighted by molar-refractivity contribution is 0.305. The Balaban J connectivity index is 1.42. The van der Waals surface area contributed by atoms with E-state index in [9.17, 15) is 0 Å². The van der Waals surface area contributed by atoms with Gasteiger partial charge in [0, 0.05) is 51.2 Å². The molecule has 0 amide bonds. The Morgan fingerprint density at radius 3 is 2.71 bits per heavy atom. The molecule has 7 heteroatoms.